The Morgan fingerprint density at radius 2 is 1.62 bits per heavy atom. The van der Waals surface area contributed by atoms with Gasteiger partial charge in [0.2, 0.25) is 0 Å². The predicted molar refractivity (Wildman–Crippen MR) is 100 cm³/mol. The molecule has 0 saturated carbocycles. The molecule has 0 atom stereocenters. The van der Waals surface area contributed by atoms with Crippen LogP contribution in [-0.4, -0.2) is 41.4 Å². The first kappa shape index (κ1) is 20.1. The molecule has 0 radical (unpaired) electrons. The third-order valence-corrected chi connectivity index (χ3v) is 3.88. The minimum atomic E-state index is -0.675. The Kier molecular flexibility index (Phi) is 5.26. The standard InChI is InChI=1S/C20H30N2O4/c1-14-9-8-10-15(11-14)20(21-16(23)25-18(2,3)4)12-22(13-20)17(24)26-19(5,6)7/h8-11H,12-13H2,1-7H3,(H,21,23). The van der Waals surface area contributed by atoms with Gasteiger partial charge in [0.15, 0.2) is 0 Å². The highest BCUT2D eigenvalue weighted by atomic mass is 16.6. The zero-order valence-electron chi connectivity index (χ0n) is 16.8. The van der Waals surface area contributed by atoms with E-state index in [9.17, 15) is 9.59 Å². The number of nitrogens with zero attached hydrogens (tertiary/aromatic N) is 1. The van der Waals surface area contributed by atoms with Crippen LogP contribution in [0.5, 0.6) is 0 Å². The van der Waals surface area contributed by atoms with E-state index in [1.165, 1.54) is 0 Å². The Hall–Kier alpha value is -2.24. The lowest BCUT2D eigenvalue weighted by atomic mass is 9.82. The fourth-order valence-corrected chi connectivity index (χ4v) is 2.84. The molecule has 0 bridgehead atoms. The van der Waals surface area contributed by atoms with Crippen LogP contribution in [0.1, 0.15) is 52.7 Å². The molecule has 26 heavy (non-hydrogen) atoms. The van der Waals surface area contributed by atoms with Gasteiger partial charge < -0.3 is 19.7 Å². The van der Waals surface area contributed by atoms with E-state index in [1.54, 1.807) is 4.90 Å². The summed E-state index contributed by atoms with van der Waals surface area (Å²) in [5.74, 6) is 0. The van der Waals surface area contributed by atoms with Gasteiger partial charge in [-0.2, -0.15) is 0 Å². The third-order valence-electron chi connectivity index (χ3n) is 3.88. The lowest BCUT2D eigenvalue weighted by molar-refractivity contribution is -0.0230. The summed E-state index contributed by atoms with van der Waals surface area (Å²) in [5, 5.41) is 2.97. The molecule has 0 aromatic heterocycles. The number of rotatable bonds is 2. The van der Waals surface area contributed by atoms with E-state index in [2.05, 4.69) is 5.32 Å². The van der Waals surface area contributed by atoms with Crippen molar-refractivity contribution in [3.8, 4) is 0 Å². The van der Waals surface area contributed by atoms with E-state index in [-0.39, 0.29) is 6.09 Å². The maximum atomic E-state index is 12.4. The van der Waals surface area contributed by atoms with Crippen molar-refractivity contribution in [2.24, 2.45) is 0 Å². The largest absolute Gasteiger partial charge is 0.444 e. The van der Waals surface area contributed by atoms with E-state index in [1.807, 2.05) is 72.7 Å². The molecule has 1 aromatic rings. The number of hydrogen-bond donors (Lipinski definition) is 1. The van der Waals surface area contributed by atoms with E-state index in [4.69, 9.17) is 9.47 Å². The highest BCUT2D eigenvalue weighted by Crippen LogP contribution is 2.34. The van der Waals surface area contributed by atoms with Gasteiger partial charge >= 0.3 is 12.2 Å². The zero-order chi connectivity index (χ0) is 19.8. The number of ether oxygens (including phenoxy) is 2. The fourth-order valence-electron chi connectivity index (χ4n) is 2.84. The van der Waals surface area contributed by atoms with E-state index < -0.39 is 22.8 Å². The van der Waals surface area contributed by atoms with Gasteiger partial charge in [0.25, 0.3) is 0 Å². The summed E-state index contributed by atoms with van der Waals surface area (Å²) >= 11 is 0. The van der Waals surface area contributed by atoms with E-state index >= 15 is 0 Å². The Balaban J connectivity index is 2.18. The molecule has 6 heteroatoms. The summed E-state index contributed by atoms with van der Waals surface area (Å²) in [6.07, 6.45) is -0.880. The zero-order valence-corrected chi connectivity index (χ0v) is 16.8. The lowest BCUT2D eigenvalue weighted by Crippen LogP contribution is -2.69. The van der Waals surface area contributed by atoms with Crippen molar-refractivity contribution in [3.63, 3.8) is 0 Å². The molecule has 1 aliphatic rings. The minimum absolute atomic E-state index is 0.338. The fraction of sp³-hybridized carbons (Fsp3) is 0.600. The van der Waals surface area contributed by atoms with Crippen LogP contribution < -0.4 is 5.32 Å². The van der Waals surface area contributed by atoms with Crippen LogP contribution in [0.4, 0.5) is 9.59 Å². The highest BCUT2D eigenvalue weighted by Gasteiger charge is 2.49. The number of likely N-dealkylation sites (tertiary alicyclic amines) is 1. The van der Waals surface area contributed by atoms with Crippen LogP contribution in [0.3, 0.4) is 0 Å². The van der Waals surface area contributed by atoms with Crippen molar-refractivity contribution in [1.82, 2.24) is 10.2 Å². The van der Waals surface area contributed by atoms with Crippen LogP contribution in [0.2, 0.25) is 0 Å². The first-order valence-electron chi connectivity index (χ1n) is 8.86. The van der Waals surface area contributed by atoms with Crippen LogP contribution in [0.25, 0.3) is 0 Å². The van der Waals surface area contributed by atoms with Crippen LogP contribution in [0, 0.1) is 6.92 Å². The van der Waals surface area contributed by atoms with Gasteiger partial charge in [-0.15, -0.1) is 0 Å². The Morgan fingerprint density at radius 1 is 1.04 bits per heavy atom. The van der Waals surface area contributed by atoms with E-state index in [0.29, 0.717) is 13.1 Å². The number of hydrogen-bond acceptors (Lipinski definition) is 4. The lowest BCUT2D eigenvalue weighted by Gasteiger charge is -2.50. The monoisotopic (exact) mass is 362 g/mol. The van der Waals surface area contributed by atoms with Crippen molar-refractivity contribution in [2.75, 3.05) is 13.1 Å². The van der Waals surface area contributed by atoms with Crippen LogP contribution in [0.15, 0.2) is 24.3 Å². The Labute approximate surface area is 155 Å². The number of amides is 2. The summed E-state index contributed by atoms with van der Waals surface area (Å²) in [7, 11) is 0. The molecule has 0 spiro atoms. The quantitative estimate of drug-likeness (QED) is 0.864. The molecule has 1 saturated heterocycles. The van der Waals surface area contributed by atoms with Crippen molar-refractivity contribution >= 4 is 12.2 Å². The first-order valence-corrected chi connectivity index (χ1v) is 8.86. The van der Waals surface area contributed by atoms with Gasteiger partial charge in [0.1, 0.15) is 16.7 Å². The average Bonchev–Trinajstić information content (AvgIpc) is 2.38. The van der Waals surface area contributed by atoms with Crippen molar-refractivity contribution in [2.45, 2.75) is 65.2 Å². The SMILES string of the molecule is Cc1cccc(C2(NC(=O)OC(C)(C)C)CN(C(=O)OC(C)(C)C)C2)c1. The molecule has 6 nitrogen and oxygen atoms in total. The number of benzene rings is 1. The number of alkyl carbamates (subject to hydrolysis) is 1. The summed E-state index contributed by atoms with van der Waals surface area (Å²) in [6.45, 7) is 13.6. The number of carbonyl (C=O) groups is 2. The summed E-state index contributed by atoms with van der Waals surface area (Å²) in [4.78, 5) is 26.3. The summed E-state index contributed by atoms with van der Waals surface area (Å²) in [6, 6.07) is 7.91. The first-order chi connectivity index (χ1) is 11.8. The molecule has 1 fully saturated rings. The van der Waals surface area contributed by atoms with Crippen molar-refractivity contribution in [1.29, 1.82) is 0 Å². The van der Waals surface area contributed by atoms with Crippen molar-refractivity contribution in [3.05, 3.63) is 35.4 Å². The van der Waals surface area contributed by atoms with Gasteiger partial charge in [0, 0.05) is 0 Å². The van der Waals surface area contributed by atoms with Gasteiger partial charge in [-0.25, -0.2) is 9.59 Å². The topological polar surface area (TPSA) is 67.9 Å². The molecule has 0 aliphatic carbocycles. The average molecular weight is 362 g/mol. The van der Waals surface area contributed by atoms with Crippen LogP contribution >= 0.6 is 0 Å². The molecule has 2 rings (SSSR count). The van der Waals surface area contributed by atoms with Gasteiger partial charge in [0.05, 0.1) is 13.1 Å². The second-order valence-corrected chi connectivity index (χ2v) is 8.91. The van der Waals surface area contributed by atoms with Gasteiger partial charge in [-0.1, -0.05) is 29.8 Å². The molecule has 1 aromatic carbocycles. The number of carbonyl (C=O) groups excluding carboxylic acids is 2. The molecular formula is C20H30N2O4. The summed E-state index contributed by atoms with van der Waals surface area (Å²) in [5.41, 5.74) is 0.210. The molecule has 2 amide bonds. The molecule has 1 heterocycles. The smallest absolute Gasteiger partial charge is 0.410 e. The van der Waals surface area contributed by atoms with Crippen molar-refractivity contribution < 1.29 is 19.1 Å². The minimum Gasteiger partial charge on any atom is -0.444 e. The Morgan fingerprint density at radius 3 is 2.12 bits per heavy atom. The molecular weight excluding hydrogens is 332 g/mol. The number of nitrogens with one attached hydrogen (secondary N) is 1. The second kappa shape index (κ2) is 6.82. The third kappa shape index (κ3) is 5.13. The molecule has 1 N–H and O–H groups in total. The van der Waals surface area contributed by atoms with E-state index in [0.717, 1.165) is 11.1 Å². The second-order valence-electron chi connectivity index (χ2n) is 8.91. The van der Waals surface area contributed by atoms with Gasteiger partial charge in [-0.3, -0.25) is 0 Å². The predicted octanol–water partition coefficient (Wildman–Crippen LogP) is 3.97. The normalized spacial score (nSPS) is 16.5. The number of aryl methyl sites for hydroxylation is 1. The molecule has 0 unspecified atom stereocenters. The Bertz CT molecular complexity index is 680. The highest BCUT2D eigenvalue weighted by molar-refractivity contribution is 5.73. The maximum Gasteiger partial charge on any atom is 0.410 e. The molecule has 144 valence electrons. The maximum absolute atomic E-state index is 12.4. The summed E-state index contributed by atoms with van der Waals surface area (Å²) < 4.78 is 10.8. The van der Waals surface area contributed by atoms with Gasteiger partial charge in [-0.05, 0) is 54.0 Å². The molecule has 1 aliphatic heterocycles. The van der Waals surface area contributed by atoms with Crippen LogP contribution in [-0.2, 0) is 15.0 Å².